The Bertz CT molecular complexity index is 1320. The average Bonchev–Trinajstić information content (AvgIpc) is 3.20. The number of para-hydroxylation sites is 2. The molecule has 2 heterocycles. The highest BCUT2D eigenvalue weighted by Crippen LogP contribution is 2.35. The predicted molar refractivity (Wildman–Crippen MR) is 115 cm³/mol. The monoisotopic (exact) mass is 405 g/mol. The molecule has 0 aliphatic carbocycles. The molecule has 0 unspecified atom stereocenters. The Kier molecular flexibility index (Phi) is 4.75. The number of H-pyrrole nitrogens is 2. The Morgan fingerprint density at radius 3 is 2.66 bits per heavy atom. The standard InChI is InChI=1S/C19H15N7O2S/c20-16-13(18(28)26(25-16)11-6-2-1-3-7-11)10-21-19(29)24-23-15-12-8-4-5-9-14(12)22-17(15)27/h1-10,22,25,27H,20H2/b21-10+,24-23?. The molecule has 29 heavy (non-hydrogen) atoms. The topological polar surface area (TPSA) is 137 Å². The third-order valence-electron chi connectivity index (χ3n) is 4.17. The van der Waals surface area contributed by atoms with Crippen molar-refractivity contribution in [2.45, 2.75) is 0 Å². The van der Waals surface area contributed by atoms with Gasteiger partial charge in [0.2, 0.25) is 11.0 Å². The summed E-state index contributed by atoms with van der Waals surface area (Å²) in [5.41, 5.74) is 7.29. The molecule has 0 saturated heterocycles. The Morgan fingerprint density at radius 2 is 1.86 bits per heavy atom. The number of azo groups is 1. The van der Waals surface area contributed by atoms with Crippen LogP contribution in [-0.4, -0.2) is 31.2 Å². The molecule has 0 radical (unpaired) electrons. The van der Waals surface area contributed by atoms with Crippen molar-refractivity contribution in [2.75, 3.05) is 5.73 Å². The van der Waals surface area contributed by atoms with Gasteiger partial charge >= 0.3 is 0 Å². The van der Waals surface area contributed by atoms with E-state index in [0.29, 0.717) is 11.1 Å². The van der Waals surface area contributed by atoms with Crippen LogP contribution in [0.2, 0.25) is 0 Å². The van der Waals surface area contributed by atoms with Gasteiger partial charge in [-0.05, 0) is 30.4 Å². The number of hydrogen-bond donors (Lipinski definition) is 4. The molecule has 2 aromatic heterocycles. The molecule has 0 saturated carbocycles. The number of nitrogens with zero attached hydrogens (tertiary/aromatic N) is 4. The van der Waals surface area contributed by atoms with Gasteiger partial charge in [-0.25, -0.2) is 9.67 Å². The lowest BCUT2D eigenvalue weighted by atomic mass is 10.2. The summed E-state index contributed by atoms with van der Waals surface area (Å²) in [6, 6.07) is 16.2. The molecule has 144 valence electrons. The van der Waals surface area contributed by atoms with Crippen molar-refractivity contribution >= 4 is 46.0 Å². The molecular weight excluding hydrogens is 390 g/mol. The molecule has 0 amide bonds. The maximum Gasteiger partial charge on any atom is 0.282 e. The Morgan fingerprint density at radius 1 is 1.14 bits per heavy atom. The van der Waals surface area contributed by atoms with Crippen LogP contribution in [0, 0.1) is 0 Å². The Hall–Kier alpha value is -4.05. The van der Waals surface area contributed by atoms with Crippen LogP contribution in [0.5, 0.6) is 5.88 Å². The van der Waals surface area contributed by atoms with E-state index in [1.54, 1.807) is 24.3 Å². The van der Waals surface area contributed by atoms with Crippen LogP contribution < -0.4 is 11.3 Å². The number of benzene rings is 2. The first-order valence-corrected chi connectivity index (χ1v) is 8.91. The third kappa shape index (κ3) is 3.56. The van der Waals surface area contributed by atoms with E-state index in [1.807, 2.05) is 30.3 Å². The second-order valence-corrected chi connectivity index (χ2v) is 6.39. The zero-order valence-corrected chi connectivity index (χ0v) is 15.7. The molecule has 4 rings (SSSR count). The van der Waals surface area contributed by atoms with Crippen molar-refractivity contribution in [1.29, 1.82) is 0 Å². The number of rotatable bonds is 3. The zero-order valence-electron chi connectivity index (χ0n) is 14.9. The van der Waals surface area contributed by atoms with Gasteiger partial charge in [-0.3, -0.25) is 9.89 Å². The van der Waals surface area contributed by atoms with Crippen LogP contribution >= 0.6 is 12.2 Å². The van der Waals surface area contributed by atoms with Crippen LogP contribution in [0.1, 0.15) is 5.56 Å². The average molecular weight is 405 g/mol. The molecule has 0 spiro atoms. The van der Waals surface area contributed by atoms with E-state index in [4.69, 9.17) is 18.0 Å². The fourth-order valence-electron chi connectivity index (χ4n) is 2.80. The van der Waals surface area contributed by atoms with Crippen molar-refractivity contribution < 1.29 is 5.11 Å². The van der Waals surface area contributed by atoms with Gasteiger partial charge in [0, 0.05) is 11.6 Å². The van der Waals surface area contributed by atoms with E-state index in [9.17, 15) is 9.90 Å². The van der Waals surface area contributed by atoms with Gasteiger partial charge in [0.25, 0.3) is 5.56 Å². The minimum absolute atomic E-state index is 0.123. The number of hydrogen-bond acceptors (Lipinski definition) is 5. The molecule has 0 aliphatic heterocycles. The minimum Gasteiger partial charge on any atom is -0.493 e. The van der Waals surface area contributed by atoms with E-state index < -0.39 is 0 Å². The van der Waals surface area contributed by atoms with Crippen LogP contribution in [0.25, 0.3) is 16.6 Å². The third-order valence-corrected chi connectivity index (χ3v) is 4.36. The molecule has 2 aromatic carbocycles. The molecule has 0 fully saturated rings. The van der Waals surface area contributed by atoms with Crippen LogP contribution in [0.3, 0.4) is 0 Å². The number of thiocarbonyl (C=S) groups is 1. The summed E-state index contributed by atoms with van der Waals surface area (Å²) in [6.07, 6.45) is 1.24. The van der Waals surface area contributed by atoms with Crippen molar-refractivity contribution in [3.8, 4) is 11.6 Å². The second kappa shape index (κ2) is 7.52. The van der Waals surface area contributed by atoms with Crippen molar-refractivity contribution in [1.82, 2.24) is 14.8 Å². The number of nitrogens with one attached hydrogen (secondary N) is 2. The van der Waals surface area contributed by atoms with E-state index in [2.05, 4.69) is 25.3 Å². The highest BCUT2D eigenvalue weighted by atomic mass is 32.1. The van der Waals surface area contributed by atoms with Gasteiger partial charge < -0.3 is 15.8 Å². The summed E-state index contributed by atoms with van der Waals surface area (Å²) < 4.78 is 1.31. The molecule has 4 aromatic rings. The maximum atomic E-state index is 12.6. The molecular formula is C19H15N7O2S. The quantitative estimate of drug-likeness (QED) is 0.236. The lowest BCUT2D eigenvalue weighted by Crippen LogP contribution is -2.17. The van der Waals surface area contributed by atoms with Gasteiger partial charge in [0.05, 0.1) is 11.2 Å². The smallest absolute Gasteiger partial charge is 0.282 e. The van der Waals surface area contributed by atoms with Crippen LogP contribution in [-0.2, 0) is 0 Å². The van der Waals surface area contributed by atoms with Gasteiger partial charge in [-0.1, -0.05) is 36.4 Å². The van der Waals surface area contributed by atoms with Crippen molar-refractivity contribution in [3.63, 3.8) is 0 Å². The number of aromatic nitrogens is 3. The number of fused-ring (bicyclic) bond motifs is 1. The number of aromatic hydroxyl groups is 1. The molecule has 0 aliphatic rings. The first kappa shape index (κ1) is 18.3. The fraction of sp³-hybridized carbons (Fsp3) is 0. The largest absolute Gasteiger partial charge is 0.493 e. The highest BCUT2D eigenvalue weighted by molar-refractivity contribution is 7.80. The lowest BCUT2D eigenvalue weighted by molar-refractivity contribution is 0.459. The lowest BCUT2D eigenvalue weighted by Gasteiger charge is -1.99. The van der Waals surface area contributed by atoms with Gasteiger partial charge in [0.1, 0.15) is 11.4 Å². The van der Waals surface area contributed by atoms with Crippen LogP contribution in [0.15, 0.2) is 74.6 Å². The summed E-state index contributed by atoms with van der Waals surface area (Å²) in [5, 5.41) is 21.2. The number of aromatic amines is 2. The summed E-state index contributed by atoms with van der Waals surface area (Å²) in [7, 11) is 0. The number of nitrogens with two attached hydrogens (primary N) is 1. The highest BCUT2D eigenvalue weighted by Gasteiger charge is 2.12. The number of aliphatic imine (C=N–C) groups is 1. The van der Waals surface area contributed by atoms with Crippen molar-refractivity contribution in [2.24, 2.45) is 15.2 Å². The SMILES string of the molecule is Nc1[nH]n(-c2ccccc2)c(=O)c1/C=N/C(=S)N=Nc1c(O)[nH]c2ccccc12. The normalized spacial score (nSPS) is 11.7. The number of anilines is 1. The molecule has 0 bridgehead atoms. The maximum absolute atomic E-state index is 12.6. The summed E-state index contributed by atoms with van der Waals surface area (Å²) in [5.74, 6) is 0.0268. The molecule has 10 heteroatoms. The molecule has 5 N–H and O–H groups in total. The van der Waals surface area contributed by atoms with Gasteiger partial charge in [0.15, 0.2) is 5.69 Å². The molecule has 9 nitrogen and oxygen atoms in total. The second-order valence-electron chi connectivity index (χ2n) is 6.02. The summed E-state index contributed by atoms with van der Waals surface area (Å²) in [4.78, 5) is 19.3. The zero-order chi connectivity index (χ0) is 20.4. The van der Waals surface area contributed by atoms with Crippen molar-refractivity contribution in [3.05, 3.63) is 70.5 Å². The minimum atomic E-state index is -0.369. The summed E-state index contributed by atoms with van der Waals surface area (Å²) >= 11 is 5.07. The first-order valence-electron chi connectivity index (χ1n) is 8.50. The first-order chi connectivity index (χ1) is 14.0. The predicted octanol–water partition coefficient (Wildman–Crippen LogP) is 3.42. The van der Waals surface area contributed by atoms with E-state index >= 15 is 0 Å². The Labute approximate surface area is 169 Å². The number of nitrogen functional groups attached to an aromatic ring is 1. The van der Waals surface area contributed by atoms with E-state index in [0.717, 1.165) is 5.52 Å². The molecule has 0 atom stereocenters. The van der Waals surface area contributed by atoms with E-state index in [1.165, 1.54) is 10.9 Å². The van der Waals surface area contributed by atoms with Gasteiger partial charge in [-0.2, -0.15) is 0 Å². The summed E-state index contributed by atoms with van der Waals surface area (Å²) in [6.45, 7) is 0. The Balaban J connectivity index is 1.58. The van der Waals surface area contributed by atoms with E-state index in [-0.39, 0.29) is 33.6 Å². The fourth-order valence-corrected chi connectivity index (χ4v) is 2.90. The van der Waals surface area contributed by atoms with Crippen LogP contribution in [0.4, 0.5) is 11.5 Å². The van der Waals surface area contributed by atoms with Gasteiger partial charge in [-0.15, -0.1) is 10.2 Å².